The number of para-hydroxylation sites is 3. The number of fused-ring (bicyclic) bond motifs is 1. The van der Waals surface area contributed by atoms with Gasteiger partial charge in [-0.05, 0) is 41.6 Å². The Morgan fingerprint density at radius 2 is 1.96 bits per heavy atom. The van der Waals surface area contributed by atoms with Crippen molar-refractivity contribution in [3.05, 3.63) is 66.2 Å². The molecule has 4 rings (SSSR count). The molecule has 2 aromatic carbocycles. The average molecular weight is 333 g/mol. The number of carbonyl (C=O) groups is 1. The molecule has 1 amide bonds. The van der Waals surface area contributed by atoms with Gasteiger partial charge in [0.15, 0.2) is 0 Å². The molecule has 2 aromatic heterocycles. The predicted octanol–water partition coefficient (Wildman–Crippen LogP) is 2.03. The Bertz CT molecular complexity index is 989. The van der Waals surface area contributed by atoms with Gasteiger partial charge in [-0.2, -0.15) is 4.68 Å². The van der Waals surface area contributed by atoms with E-state index >= 15 is 0 Å². The number of hydrogen-bond acceptors (Lipinski definition) is 5. The Kier molecular flexibility index (Phi) is 3.70. The van der Waals surface area contributed by atoms with Crippen LogP contribution in [0.5, 0.6) is 0 Å². The van der Waals surface area contributed by atoms with Crippen molar-refractivity contribution in [3.8, 4) is 5.69 Å². The lowest BCUT2D eigenvalue weighted by Gasteiger charge is -2.13. The van der Waals surface area contributed by atoms with Crippen LogP contribution in [0.1, 0.15) is 29.1 Å². The minimum absolute atomic E-state index is 0.223. The second-order valence-corrected chi connectivity index (χ2v) is 5.61. The summed E-state index contributed by atoms with van der Waals surface area (Å²) in [4.78, 5) is 20.5. The molecule has 25 heavy (non-hydrogen) atoms. The number of H-pyrrole nitrogens is 1. The van der Waals surface area contributed by atoms with E-state index in [4.69, 9.17) is 0 Å². The monoisotopic (exact) mass is 333 g/mol. The fourth-order valence-electron chi connectivity index (χ4n) is 2.66. The number of amides is 1. The summed E-state index contributed by atoms with van der Waals surface area (Å²) in [5.74, 6) is 0.480. The Labute approximate surface area is 142 Å². The maximum atomic E-state index is 12.7. The quantitative estimate of drug-likeness (QED) is 0.595. The van der Waals surface area contributed by atoms with Crippen LogP contribution < -0.4 is 5.32 Å². The van der Waals surface area contributed by atoms with Gasteiger partial charge in [0.25, 0.3) is 5.91 Å². The highest BCUT2D eigenvalue weighted by Crippen LogP contribution is 2.18. The first kappa shape index (κ1) is 15.0. The zero-order valence-electron chi connectivity index (χ0n) is 13.4. The van der Waals surface area contributed by atoms with Crippen molar-refractivity contribution in [2.75, 3.05) is 0 Å². The van der Waals surface area contributed by atoms with E-state index in [2.05, 4.69) is 30.8 Å². The van der Waals surface area contributed by atoms with Gasteiger partial charge in [0.05, 0.1) is 28.3 Å². The maximum Gasteiger partial charge on any atom is 0.254 e. The second kappa shape index (κ2) is 6.16. The van der Waals surface area contributed by atoms with Gasteiger partial charge in [0.1, 0.15) is 12.2 Å². The van der Waals surface area contributed by atoms with Gasteiger partial charge in [-0.15, -0.1) is 5.10 Å². The fraction of sp³-hybridized carbons (Fsp3) is 0.118. The van der Waals surface area contributed by atoms with E-state index in [1.54, 1.807) is 18.2 Å². The summed E-state index contributed by atoms with van der Waals surface area (Å²) in [5, 5.41) is 14.0. The Hall–Kier alpha value is -3.55. The number of hydrogen-bond donors (Lipinski definition) is 2. The van der Waals surface area contributed by atoms with Crippen LogP contribution in [0.2, 0.25) is 0 Å². The van der Waals surface area contributed by atoms with Gasteiger partial charge in [-0.25, -0.2) is 4.98 Å². The second-order valence-electron chi connectivity index (χ2n) is 5.61. The molecule has 0 unspecified atom stereocenters. The third-order valence-corrected chi connectivity index (χ3v) is 3.91. The third-order valence-electron chi connectivity index (χ3n) is 3.91. The van der Waals surface area contributed by atoms with Gasteiger partial charge in [-0.1, -0.05) is 24.3 Å². The summed E-state index contributed by atoms with van der Waals surface area (Å²) in [6, 6.07) is 14.6. The van der Waals surface area contributed by atoms with Crippen LogP contribution in [0.25, 0.3) is 16.7 Å². The van der Waals surface area contributed by atoms with Gasteiger partial charge in [-0.3, -0.25) is 4.79 Å². The molecule has 8 nitrogen and oxygen atoms in total. The topological polar surface area (TPSA) is 101 Å². The van der Waals surface area contributed by atoms with Gasteiger partial charge in [0, 0.05) is 0 Å². The SMILES string of the molecule is C[C@H](NC(=O)c1ccccc1-n1cnnn1)c1nc2ccccc2[nH]1. The summed E-state index contributed by atoms with van der Waals surface area (Å²) < 4.78 is 1.46. The van der Waals surface area contributed by atoms with E-state index in [0.29, 0.717) is 17.1 Å². The molecule has 1 atom stereocenters. The molecule has 0 bridgehead atoms. The van der Waals surface area contributed by atoms with Crippen LogP contribution in [0, 0.1) is 0 Å². The lowest BCUT2D eigenvalue weighted by Crippen LogP contribution is -2.28. The fourth-order valence-corrected chi connectivity index (χ4v) is 2.66. The smallest absolute Gasteiger partial charge is 0.254 e. The highest BCUT2D eigenvalue weighted by Gasteiger charge is 2.18. The van der Waals surface area contributed by atoms with E-state index in [1.807, 2.05) is 37.3 Å². The van der Waals surface area contributed by atoms with Crippen molar-refractivity contribution in [3.63, 3.8) is 0 Å². The van der Waals surface area contributed by atoms with Crippen LogP contribution in [-0.2, 0) is 0 Å². The van der Waals surface area contributed by atoms with Crippen LogP contribution in [-0.4, -0.2) is 36.1 Å². The number of aromatic amines is 1. The number of carbonyl (C=O) groups excluding carboxylic acids is 1. The van der Waals surface area contributed by atoms with Crippen molar-refractivity contribution >= 4 is 16.9 Å². The van der Waals surface area contributed by atoms with Crippen LogP contribution >= 0.6 is 0 Å². The van der Waals surface area contributed by atoms with Crippen LogP contribution in [0.4, 0.5) is 0 Å². The first-order chi connectivity index (χ1) is 12.2. The molecule has 0 spiro atoms. The van der Waals surface area contributed by atoms with Gasteiger partial charge < -0.3 is 10.3 Å². The molecule has 0 radical (unpaired) electrons. The highest BCUT2D eigenvalue weighted by atomic mass is 16.1. The summed E-state index contributed by atoms with van der Waals surface area (Å²) >= 11 is 0. The van der Waals surface area contributed by atoms with E-state index in [0.717, 1.165) is 11.0 Å². The van der Waals surface area contributed by atoms with E-state index in [9.17, 15) is 4.79 Å². The van der Waals surface area contributed by atoms with Crippen molar-refractivity contribution in [1.29, 1.82) is 0 Å². The minimum Gasteiger partial charge on any atom is -0.342 e. The van der Waals surface area contributed by atoms with Gasteiger partial charge in [0.2, 0.25) is 0 Å². The molecule has 2 N–H and O–H groups in total. The highest BCUT2D eigenvalue weighted by molar-refractivity contribution is 5.97. The Morgan fingerprint density at radius 3 is 2.76 bits per heavy atom. The zero-order chi connectivity index (χ0) is 17.2. The molecule has 0 fully saturated rings. The van der Waals surface area contributed by atoms with Crippen LogP contribution in [0.3, 0.4) is 0 Å². The lowest BCUT2D eigenvalue weighted by atomic mass is 10.1. The predicted molar refractivity (Wildman–Crippen MR) is 91.1 cm³/mol. The van der Waals surface area contributed by atoms with Crippen molar-refractivity contribution in [1.82, 2.24) is 35.5 Å². The van der Waals surface area contributed by atoms with E-state index < -0.39 is 0 Å². The Morgan fingerprint density at radius 1 is 1.16 bits per heavy atom. The zero-order valence-corrected chi connectivity index (χ0v) is 13.4. The van der Waals surface area contributed by atoms with Crippen molar-refractivity contribution in [2.24, 2.45) is 0 Å². The first-order valence-corrected chi connectivity index (χ1v) is 7.80. The minimum atomic E-state index is -0.276. The lowest BCUT2D eigenvalue weighted by molar-refractivity contribution is 0.0938. The van der Waals surface area contributed by atoms with Gasteiger partial charge >= 0.3 is 0 Å². The normalized spacial score (nSPS) is 12.2. The Balaban J connectivity index is 1.60. The summed E-state index contributed by atoms with van der Waals surface area (Å²) in [7, 11) is 0. The number of nitrogens with one attached hydrogen (secondary N) is 2. The van der Waals surface area contributed by atoms with Crippen LogP contribution in [0.15, 0.2) is 54.9 Å². The molecule has 0 saturated heterocycles. The summed E-state index contributed by atoms with van der Waals surface area (Å²) in [6.45, 7) is 1.88. The summed E-state index contributed by atoms with van der Waals surface area (Å²) in [6.07, 6.45) is 1.45. The molecular weight excluding hydrogens is 318 g/mol. The number of aromatic nitrogens is 6. The average Bonchev–Trinajstić information content (AvgIpc) is 3.31. The molecule has 8 heteroatoms. The first-order valence-electron chi connectivity index (χ1n) is 7.80. The number of rotatable bonds is 4. The molecule has 4 aromatic rings. The molecule has 124 valence electrons. The molecule has 0 aliphatic heterocycles. The molecule has 2 heterocycles. The summed E-state index contributed by atoms with van der Waals surface area (Å²) in [5.41, 5.74) is 2.90. The number of benzene rings is 2. The van der Waals surface area contributed by atoms with E-state index in [-0.39, 0.29) is 11.9 Å². The van der Waals surface area contributed by atoms with E-state index in [1.165, 1.54) is 11.0 Å². The van der Waals surface area contributed by atoms with Crippen molar-refractivity contribution in [2.45, 2.75) is 13.0 Å². The molecular formula is C17H15N7O. The standard InChI is InChI=1S/C17H15N7O/c1-11(16-20-13-7-3-4-8-14(13)21-16)19-17(25)12-6-2-5-9-15(12)24-10-18-22-23-24/h2-11H,1H3,(H,19,25)(H,20,21)/t11-/m0/s1. The number of nitrogens with zero attached hydrogens (tertiary/aromatic N) is 5. The molecule has 0 aliphatic carbocycles. The molecule has 0 saturated carbocycles. The third kappa shape index (κ3) is 2.85. The molecule has 0 aliphatic rings. The number of imidazole rings is 1. The number of tetrazole rings is 1. The maximum absolute atomic E-state index is 12.7. The largest absolute Gasteiger partial charge is 0.342 e. The van der Waals surface area contributed by atoms with Crippen molar-refractivity contribution < 1.29 is 4.79 Å².